The van der Waals surface area contributed by atoms with E-state index < -0.39 is 12.1 Å². The average Bonchev–Trinajstić information content (AvgIpc) is 3.32. The first kappa shape index (κ1) is 22.9. The molecule has 7 nitrogen and oxygen atoms in total. The van der Waals surface area contributed by atoms with Gasteiger partial charge in [-0.15, -0.1) is 0 Å². The van der Waals surface area contributed by atoms with Crippen molar-refractivity contribution < 1.29 is 24.1 Å². The fraction of sp³-hybridized carbons (Fsp3) is 0.458. The summed E-state index contributed by atoms with van der Waals surface area (Å²) in [6, 6.07) is 14.1. The number of carbonyl (C=O) groups is 1. The highest BCUT2D eigenvalue weighted by Gasteiger charge is 2.26. The van der Waals surface area contributed by atoms with Crippen LogP contribution >= 0.6 is 0 Å². The van der Waals surface area contributed by atoms with Gasteiger partial charge in [-0.3, -0.25) is 4.79 Å². The summed E-state index contributed by atoms with van der Waals surface area (Å²) in [5.41, 5.74) is 0.750. The zero-order valence-electron chi connectivity index (χ0n) is 18.3. The first-order valence-electron chi connectivity index (χ1n) is 10.7. The summed E-state index contributed by atoms with van der Waals surface area (Å²) in [6.45, 7) is 2.84. The molecule has 2 aromatic carbocycles. The highest BCUT2D eigenvalue weighted by atomic mass is 16.5. The predicted octanol–water partition coefficient (Wildman–Crippen LogP) is 2.79. The van der Waals surface area contributed by atoms with E-state index >= 15 is 0 Å². The molecule has 0 radical (unpaired) electrons. The molecule has 3 rings (SSSR count). The van der Waals surface area contributed by atoms with Gasteiger partial charge in [-0.05, 0) is 67.9 Å². The van der Waals surface area contributed by atoms with Crippen LogP contribution in [0.25, 0.3) is 0 Å². The molecule has 168 valence electrons. The number of hydrogen-bond acceptors (Lipinski definition) is 6. The molecular weight excluding hydrogens is 396 g/mol. The van der Waals surface area contributed by atoms with Gasteiger partial charge in [-0.2, -0.15) is 0 Å². The molecule has 1 heterocycles. The van der Waals surface area contributed by atoms with E-state index in [4.69, 9.17) is 14.2 Å². The number of aliphatic hydroxyl groups excluding tert-OH is 1. The van der Waals surface area contributed by atoms with Crippen molar-refractivity contribution in [2.75, 3.05) is 40.5 Å². The molecule has 1 amide bonds. The number of amides is 1. The Balaban J connectivity index is 1.56. The number of likely N-dealkylation sites (tertiary alicyclic amines) is 1. The van der Waals surface area contributed by atoms with Gasteiger partial charge in [-0.1, -0.05) is 12.1 Å². The monoisotopic (exact) mass is 428 g/mol. The van der Waals surface area contributed by atoms with Crippen LogP contribution < -0.4 is 19.5 Å². The summed E-state index contributed by atoms with van der Waals surface area (Å²) in [4.78, 5) is 14.9. The van der Waals surface area contributed by atoms with Crippen molar-refractivity contribution in [3.63, 3.8) is 0 Å². The molecular formula is C24H32N2O5. The molecule has 31 heavy (non-hydrogen) atoms. The molecule has 1 saturated heterocycles. The molecule has 7 heteroatoms. The Hall–Kier alpha value is -2.77. The molecule has 2 N–H and O–H groups in total. The van der Waals surface area contributed by atoms with Gasteiger partial charge in [0.15, 0.2) is 0 Å². The van der Waals surface area contributed by atoms with E-state index in [1.165, 1.54) is 0 Å². The highest BCUT2D eigenvalue weighted by Crippen LogP contribution is 2.22. The van der Waals surface area contributed by atoms with Gasteiger partial charge >= 0.3 is 0 Å². The smallest absolute Gasteiger partial charge is 0.223 e. The molecule has 0 bridgehead atoms. The van der Waals surface area contributed by atoms with E-state index in [-0.39, 0.29) is 18.9 Å². The van der Waals surface area contributed by atoms with E-state index in [2.05, 4.69) is 10.2 Å². The Morgan fingerprint density at radius 1 is 0.968 bits per heavy atom. The second kappa shape index (κ2) is 11.6. The van der Waals surface area contributed by atoms with Crippen LogP contribution in [0, 0.1) is 0 Å². The Bertz CT molecular complexity index is 804. The maximum Gasteiger partial charge on any atom is 0.223 e. The molecule has 1 aliphatic rings. The number of nitrogens with one attached hydrogen (secondary N) is 1. The van der Waals surface area contributed by atoms with Gasteiger partial charge < -0.3 is 29.5 Å². The van der Waals surface area contributed by atoms with Crippen LogP contribution in [0.2, 0.25) is 0 Å². The Labute approximate surface area is 183 Å². The lowest BCUT2D eigenvalue weighted by Gasteiger charge is -2.29. The van der Waals surface area contributed by atoms with E-state index in [0.717, 1.165) is 43.0 Å². The predicted molar refractivity (Wildman–Crippen MR) is 119 cm³/mol. The largest absolute Gasteiger partial charge is 0.497 e. The summed E-state index contributed by atoms with van der Waals surface area (Å²) < 4.78 is 16.0. The van der Waals surface area contributed by atoms with Crippen LogP contribution in [0.1, 0.15) is 30.9 Å². The fourth-order valence-electron chi connectivity index (χ4n) is 3.71. The average molecular weight is 429 g/mol. The van der Waals surface area contributed by atoms with Gasteiger partial charge in [0.1, 0.15) is 23.4 Å². The van der Waals surface area contributed by atoms with Crippen LogP contribution in [0.5, 0.6) is 17.2 Å². The third-order valence-corrected chi connectivity index (χ3v) is 5.50. The number of rotatable bonds is 11. The van der Waals surface area contributed by atoms with Gasteiger partial charge in [0.05, 0.1) is 33.3 Å². The topological polar surface area (TPSA) is 80.3 Å². The summed E-state index contributed by atoms with van der Waals surface area (Å²) in [6.07, 6.45) is 1.69. The molecule has 1 fully saturated rings. The first-order chi connectivity index (χ1) is 15.1. The number of methoxy groups -OCH3 is 2. The number of carbonyl (C=O) groups excluding carboxylic acids is 1. The molecule has 0 aliphatic carbocycles. The van der Waals surface area contributed by atoms with Crippen molar-refractivity contribution in [2.45, 2.75) is 31.4 Å². The highest BCUT2D eigenvalue weighted by molar-refractivity contribution is 5.76. The third kappa shape index (κ3) is 6.87. The molecule has 2 aromatic rings. The van der Waals surface area contributed by atoms with E-state index in [0.29, 0.717) is 12.3 Å². The van der Waals surface area contributed by atoms with Crippen molar-refractivity contribution >= 4 is 5.91 Å². The van der Waals surface area contributed by atoms with Crippen molar-refractivity contribution in [3.05, 3.63) is 54.1 Å². The van der Waals surface area contributed by atoms with Crippen molar-refractivity contribution in [1.29, 1.82) is 0 Å². The minimum Gasteiger partial charge on any atom is -0.497 e. The summed E-state index contributed by atoms with van der Waals surface area (Å²) >= 11 is 0. The second-order valence-corrected chi connectivity index (χ2v) is 7.67. The Kier molecular flexibility index (Phi) is 8.55. The standard InChI is InChI=1S/C24H32N2O5/c1-29-19-7-5-18(6-8-19)24(28)22(17-26-14-3-4-15-26)25-23(27)13-16-31-21-11-9-20(30-2)10-12-21/h5-12,22,24,28H,3-4,13-17H2,1-2H3,(H,25,27). The molecule has 2 unspecified atom stereocenters. The SMILES string of the molecule is COc1ccc(OCCC(=O)NC(CN2CCCC2)C(O)c2ccc(OC)cc2)cc1. The lowest BCUT2D eigenvalue weighted by atomic mass is 10.0. The number of nitrogens with zero attached hydrogens (tertiary/aromatic N) is 1. The fourth-order valence-corrected chi connectivity index (χ4v) is 3.71. The second-order valence-electron chi connectivity index (χ2n) is 7.67. The van der Waals surface area contributed by atoms with Gasteiger partial charge in [0.2, 0.25) is 5.91 Å². The van der Waals surface area contributed by atoms with E-state index in [1.807, 2.05) is 36.4 Å². The molecule has 1 aliphatic heterocycles. The summed E-state index contributed by atoms with van der Waals surface area (Å²) in [5, 5.41) is 14.0. The van der Waals surface area contributed by atoms with E-state index in [1.54, 1.807) is 26.4 Å². The van der Waals surface area contributed by atoms with Crippen LogP contribution in [-0.2, 0) is 4.79 Å². The van der Waals surface area contributed by atoms with Crippen molar-refractivity contribution in [1.82, 2.24) is 10.2 Å². The molecule has 0 aromatic heterocycles. The minimum absolute atomic E-state index is 0.148. The number of benzene rings is 2. The number of ether oxygens (including phenoxy) is 3. The van der Waals surface area contributed by atoms with E-state index in [9.17, 15) is 9.90 Å². The summed E-state index contributed by atoms with van der Waals surface area (Å²) in [5.74, 6) is 2.01. The zero-order valence-corrected chi connectivity index (χ0v) is 18.3. The quantitative estimate of drug-likeness (QED) is 0.573. The van der Waals surface area contributed by atoms with Crippen molar-refractivity contribution in [2.24, 2.45) is 0 Å². The Morgan fingerprint density at radius 3 is 2.10 bits per heavy atom. The zero-order chi connectivity index (χ0) is 22.1. The maximum absolute atomic E-state index is 12.6. The van der Waals surface area contributed by atoms with Crippen LogP contribution in [-0.4, -0.2) is 62.4 Å². The van der Waals surface area contributed by atoms with Gasteiger partial charge in [-0.25, -0.2) is 0 Å². The number of aliphatic hydroxyl groups is 1. The normalized spacial score (nSPS) is 15.8. The van der Waals surface area contributed by atoms with Gasteiger partial charge in [0, 0.05) is 6.54 Å². The molecule has 0 saturated carbocycles. The Morgan fingerprint density at radius 2 is 1.52 bits per heavy atom. The lowest BCUT2D eigenvalue weighted by Crippen LogP contribution is -2.47. The molecule has 0 spiro atoms. The van der Waals surface area contributed by atoms with Crippen LogP contribution in [0.4, 0.5) is 0 Å². The molecule has 2 atom stereocenters. The maximum atomic E-state index is 12.6. The number of hydrogen-bond donors (Lipinski definition) is 2. The van der Waals surface area contributed by atoms with Crippen LogP contribution in [0.15, 0.2) is 48.5 Å². The lowest BCUT2D eigenvalue weighted by molar-refractivity contribution is -0.123. The summed E-state index contributed by atoms with van der Waals surface area (Å²) in [7, 11) is 3.22. The first-order valence-corrected chi connectivity index (χ1v) is 10.7. The van der Waals surface area contributed by atoms with Gasteiger partial charge in [0.25, 0.3) is 0 Å². The van der Waals surface area contributed by atoms with Crippen molar-refractivity contribution in [3.8, 4) is 17.2 Å². The van der Waals surface area contributed by atoms with Crippen LogP contribution in [0.3, 0.4) is 0 Å². The minimum atomic E-state index is -0.807. The third-order valence-electron chi connectivity index (χ3n) is 5.50.